The summed E-state index contributed by atoms with van der Waals surface area (Å²) >= 11 is 0. The monoisotopic (exact) mass is 455 g/mol. The Morgan fingerprint density at radius 1 is 1.00 bits per heavy atom. The molecule has 9 heteroatoms. The molecule has 0 spiro atoms. The number of pyridine rings is 1. The number of fused-ring (bicyclic) bond motifs is 1. The Hall–Kier alpha value is -3.11. The second-order valence-corrected chi connectivity index (χ2v) is 9.79. The van der Waals surface area contributed by atoms with E-state index in [0.29, 0.717) is 32.5 Å². The van der Waals surface area contributed by atoms with Crippen molar-refractivity contribution in [3.63, 3.8) is 0 Å². The summed E-state index contributed by atoms with van der Waals surface area (Å²) in [7, 11) is 1.88. The van der Waals surface area contributed by atoms with Gasteiger partial charge in [0.05, 0.1) is 30.6 Å². The number of hydrogen-bond donors (Lipinski definition) is 3. The van der Waals surface area contributed by atoms with Crippen LogP contribution < -0.4 is 10.3 Å². The van der Waals surface area contributed by atoms with Crippen LogP contribution in [0.1, 0.15) is 0 Å². The highest BCUT2D eigenvalue weighted by Crippen LogP contribution is 2.50. The van der Waals surface area contributed by atoms with Crippen LogP contribution in [0.3, 0.4) is 0 Å². The molecule has 0 aliphatic rings. The first-order valence-corrected chi connectivity index (χ1v) is 11.6. The standard InChI is InChI=1S/C23H25N3O5S/c1-25-14-21(20-11-17(5-7-22(20)31-3)32(29,30)9-8-27)19-10-15(4-6-18(19)23(25)28)16-12-24-26(2)13-16/h4-7,10-14,27,29-30H,8-9H2,1-3H3. The number of nitrogens with zero attached hydrogens (tertiary/aromatic N) is 3. The van der Waals surface area contributed by atoms with Crippen molar-refractivity contribution in [2.24, 2.45) is 14.1 Å². The number of aliphatic hydroxyl groups is 1. The van der Waals surface area contributed by atoms with Crippen LogP contribution in [-0.2, 0) is 14.1 Å². The molecule has 0 fully saturated rings. The lowest BCUT2D eigenvalue weighted by Gasteiger charge is -2.32. The van der Waals surface area contributed by atoms with E-state index in [1.165, 1.54) is 11.7 Å². The van der Waals surface area contributed by atoms with E-state index in [1.807, 2.05) is 25.4 Å². The summed E-state index contributed by atoms with van der Waals surface area (Å²) in [6.45, 7) is -0.346. The summed E-state index contributed by atoms with van der Waals surface area (Å²) < 4.78 is 29.8. The summed E-state index contributed by atoms with van der Waals surface area (Å²) in [5, 5.41) is 14.7. The molecule has 32 heavy (non-hydrogen) atoms. The Kier molecular flexibility index (Phi) is 5.83. The fourth-order valence-electron chi connectivity index (χ4n) is 3.78. The van der Waals surface area contributed by atoms with Crippen molar-refractivity contribution in [2.45, 2.75) is 4.90 Å². The third-order valence-corrected chi connectivity index (χ3v) is 7.20. The number of aromatic nitrogens is 3. The van der Waals surface area contributed by atoms with E-state index >= 15 is 0 Å². The summed E-state index contributed by atoms with van der Waals surface area (Å²) in [6, 6.07) is 10.5. The summed E-state index contributed by atoms with van der Waals surface area (Å²) in [6.07, 6.45) is 5.37. The molecule has 2 heterocycles. The number of methoxy groups -OCH3 is 1. The van der Waals surface area contributed by atoms with Crippen LogP contribution in [0.5, 0.6) is 5.75 Å². The number of hydrogen-bond acceptors (Lipinski definition) is 6. The molecular formula is C23H25N3O5S. The molecule has 0 radical (unpaired) electrons. The number of benzene rings is 2. The fraction of sp³-hybridized carbons (Fsp3) is 0.217. The number of aliphatic hydroxyl groups excluding tert-OH is 1. The molecule has 0 saturated heterocycles. The van der Waals surface area contributed by atoms with Crippen molar-refractivity contribution in [3.8, 4) is 28.0 Å². The van der Waals surface area contributed by atoms with Gasteiger partial charge < -0.3 is 14.4 Å². The average molecular weight is 456 g/mol. The molecule has 0 aliphatic heterocycles. The molecule has 4 rings (SSSR count). The fourth-order valence-corrected chi connectivity index (χ4v) is 4.86. The summed E-state index contributed by atoms with van der Waals surface area (Å²) in [4.78, 5) is 13.1. The maximum Gasteiger partial charge on any atom is 0.258 e. The highest BCUT2D eigenvalue weighted by atomic mass is 32.3. The lowest BCUT2D eigenvalue weighted by molar-refractivity contribution is 0.314. The quantitative estimate of drug-likeness (QED) is 0.409. The normalized spacial score (nSPS) is 12.3. The molecule has 0 aliphatic carbocycles. The Labute approximate surface area is 186 Å². The molecule has 8 nitrogen and oxygen atoms in total. The largest absolute Gasteiger partial charge is 0.496 e. The van der Waals surface area contributed by atoms with E-state index < -0.39 is 10.6 Å². The van der Waals surface area contributed by atoms with Crippen molar-refractivity contribution in [2.75, 3.05) is 19.5 Å². The Morgan fingerprint density at radius 3 is 2.44 bits per heavy atom. The number of ether oxygens (including phenoxy) is 1. The lowest BCUT2D eigenvalue weighted by Crippen LogP contribution is -2.16. The number of aryl methyl sites for hydroxylation is 2. The first-order chi connectivity index (χ1) is 15.2. The Balaban J connectivity index is 2.01. The van der Waals surface area contributed by atoms with Gasteiger partial charge in [-0.2, -0.15) is 15.7 Å². The maximum atomic E-state index is 12.8. The van der Waals surface area contributed by atoms with Crippen LogP contribution in [0.25, 0.3) is 33.0 Å². The first kappa shape index (κ1) is 22.1. The van der Waals surface area contributed by atoms with Gasteiger partial charge in [0, 0.05) is 48.6 Å². The minimum atomic E-state index is -3.17. The minimum absolute atomic E-state index is 0.138. The van der Waals surface area contributed by atoms with Crippen LogP contribution in [0.4, 0.5) is 0 Å². The molecule has 0 bridgehead atoms. The second-order valence-electron chi connectivity index (χ2n) is 7.58. The molecule has 0 atom stereocenters. The van der Waals surface area contributed by atoms with E-state index in [-0.39, 0.29) is 17.9 Å². The van der Waals surface area contributed by atoms with Crippen molar-refractivity contribution >= 4 is 21.4 Å². The third-order valence-electron chi connectivity index (χ3n) is 5.44. The van der Waals surface area contributed by atoms with E-state index in [1.54, 1.807) is 48.4 Å². The molecule has 4 aromatic rings. The maximum absolute atomic E-state index is 12.8. The molecule has 0 saturated carbocycles. The van der Waals surface area contributed by atoms with Crippen LogP contribution in [-0.4, -0.2) is 48.0 Å². The van der Waals surface area contributed by atoms with Gasteiger partial charge in [0.1, 0.15) is 5.75 Å². The van der Waals surface area contributed by atoms with E-state index in [2.05, 4.69) is 5.10 Å². The Morgan fingerprint density at radius 2 is 1.78 bits per heavy atom. The number of rotatable bonds is 6. The molecule has 3 N–H and O–H groups in total. The lowest BCUT2D eigenvalue weighted by atomic mass is 9.97. The van der Waals surface area contributed by atoms with Gasteiger partial charge in [-0.15, -0.1) is 0 Å². The third kappa shape index (κ3) is 3.91. The molecule has 2 aromatic heterocycles. The minimum Gasteiger partial charge on any atom is -0.496 e. The van der Waals surface area contributed by atoms with Gasteiger partial charge in [-0.3, -0.25) is 18.6 Å². The zero-order valence-electron chi connectivity index (χ0n) is 18.0. The topological polar surface area (TPSA) is 110 Å². The molecule has 2 aromatic carbocycles. The van der Waals surface area contributed by atoms with E-state index in [9.17, 15) is 19.0 Å². The predicted molar refractivity (Wildman–Crippen MR) is 126 cm³/mol. The summed E-state index contributed by atoms with van der Waals surface area (Å²) in [5.41, 5.74) is 3.01. The highest BCUT2D eigenvalue weighted by molar-refractivity contribution is 8.24. The van der Waals surface area contributed by atoms with Gasteiger partial charge >= 0.3 is 0 Å². The first-order valence-electron chi connectivity index (χ1n) is 9.93. The van der Waals surface area contributed by atoms with Crippen LogP contribution in [0, 0.1) is 0 Å². The van der Waals surface area contributed by atoms with Crippen molar-refractivity contribution in [3.05, 3.63) is 65.3 Å². The predicted octanol–water partition coefficient (Wildman–Crippen LogP) is 3.72. The molecular weight excluding hydrogens is 430 g/mol. The van der Waals surface area contributed by atoms with Crippen LogP contribution in [0.2, 0.25) is 0 Å². The summed E-state index contributed by atoms with van der Waals surface area (Å²) in [5.74, 6) is 0.373. The van der Waals surface area contributed by atoms with Gasteiger partial charge in [-0.25, -0.2) is 0 Å². The Bertz CT molecular complexity index is 1360. The smallest absolute Gasteiger partial charge is 0.258 e. The second kappa shape index (κ2) is 8.44. The van der Waals surface area contributed by atoms with Gasteiger partial charge in [0.2, 0.25) is 0 Å². The van der Waals surface area contributed by atoms with Crippen LogP contribution in [0.15, 0.2) is 64.7 Å². The van der Waals surface area contributed by atoms with Crippen molar-refractivity contribution in [1.82, 2.24) is 14.3 Å². The molecule has 168 valence electrons. The van der Waals surface area contributed by atoms with Gasteiger partial charge in [-0.1, -0.05) is 6.07 Å². The zero-order valence-corrected chi connectivity index (χ0v) is 18.8. The van der Waals surface area contributed by atoms with Crippen molar-refractivity contribution in [1.29, 1.82) is 0 Å². The molecule has 0 amide bonds. The van der Waals surface area contributed by atoms with Gasteiger partial charge in [-0.05, 0) is 41.3 Å². The SMILES string of the molecule is COc1ccc(S(O)(O)CCO)cc1-c1cn(C)c(=O)c2ccc(-c3cnn(C)c3)cc12. The van der Waals surface area contributed by atoms with Crippen LogP contribution >= 0.6 is 10.6 Å². The van der Waals surface area contributed by atoms with Gasteiger partial charge in [0.25, 0.3) is 5.56 Å². The van der Waals surface area contributed by atoms with Gasteiger partial charge in [0.15, 0.2) is 0 Å². The van der Waals surface area contributed by atoms with E-state index in [4.69, 9.17) is 4.74 Å². The van der Waals surface area contributed by atoms with Crippen molar-refractivity contribution < 1.29 is 18.9 Å². The average Bonchev–Trinajstić information content (AvgIpc) is 3.21. The van der Waals surface area contributed by atoms with E-state index in [0.717, 1.165) is 11.1 Å². The molecule has 0 unspecified atom stereocenters. The zero-order chi connectivity index (χ0) is 23.0. The highest BCUT2D eigenvalue weighted by Gasteiger charge is 2.20.